The number of aromatic nitrogens is 1. The molecular formula is C26H32N4O2S. The number of nitrogens with zero attached hydrogens (tertiary/aromatic N) is 3. The Labute approximate surface area is 200 Å². The number of urea groups is 1. The smallest absolute Gasteiger partial charge is 0.322 e. The van der Waals surface area contributed by atoms with Crippen molar-refractivity contribution < 1.29 is 9.59 Å². The monoisotopic (exact) mass is 464 g/mol. The number of imide groups is 1. The number of thioether (sulfide) groups is 1. The SMILES string of the molecule is O=C1N[C@](Cc2ccccc2)(C2CCN([C@H]3CCSC3)CC2)C(=O)N1CCc1ccccn1. The number of hydrogen-bond donors (Lipinski definition) is 1. The van der Waals surface area contributed by atoms with E-state index in [1.165, 1.54) is 22.8 Å². The Hall–Kier alpha value is -2.38. The summed E-state index contributed by atoms with van der Waals surface area (Å²) in [4.78, 5) is 35.4. The first-order chi connectivity index (χ1) is 16.2. The van der Waals surface area contributed by atoms with Crippen LogP contribution in [-0.2, 0) is 17.6 Å². The number of nitrogens with one attached hydrogen (secondary N) is 1. The molecule has 4 heterocycles. The van der Waals surface area contributed by atoms with E-state index in [0.29, 0.717) is 25.4 Å². The summed E-state index contributed by atoms with van der Waals surface area (Å²) in [5.41, 5.74) is 1.12. The minimum absolute atomic E-state index is 0.0674. The van der Waals surface area contributed by atoms with E-state index in [4.69, 9.17) is 0 Å². The number of pyridine rings is 1. The van der Waals surface area contributed by atoms with Gasteiger partial charge in [-0.2, -0.15) is 11.8 Å². The largest absolute Gasteiger partial charge is 0.325 e. The zero-order valence-electron chi connectivity index (χ0n) is 19.0. The topological polar surface area (TPSA) is 65.5 Å². The van der Waals surface area contributed by atoms with E-state index < -0.39 is 5.54 Å². The van der Waals surface area contributed by atoms with Gasteiger partial charge in [0.1, 0.15) is 5.54 Å². The lowest BCUT2D eigenvalue weighted by molar-refractivity contribution is -0.134. The number of likely N-dealkylation sites (tertiary alicyclic amines) is 1. The van der Waals surface area contributed by atoms with Gasteiger partial charge < -0.3 is 5.32 Å². The normalized spacial score (nSPS) is 26.7. The lowest BCUT2D eigenvalue weighted by atomic mass is 9.73. The Morgan fingerprint density at radius 1 is 1.03 bits per heavy atom. The van der Waals surface area contributed by atoms with Crippen molar-refractivity contribution in [3.8, 4) is 0 Å². The molecule has 6 nitrogen and oxygen atoms in total. The second-order valence-electron chi connectivity index (χ2n) is 9.42. The molecule has 3 amide bonds. The van der Waals surface area contributed by atoms with Crippen LogP contribution in [0.4, 0.5) is 4.79 Å². The summed E-state index contributed by atoms with van der Waals surface area (Å²) in [5, 5.41) is 3.20. The molecule has 5 rings (SSSR count). The van der Waals surface area contributed by atoms with Crippen molar-refractivity contribution in [1.82, 2.24) is 20.1 Å². The summed E-state index contributed by atoms with van der Waals surface area (Å²) >= 11 is 2.04. The van der Waals surface area contributed by atoms with Crippen molar-refractivity contribution in [3.63, 3.8) is 0 Å². The van der Waals surface area contributed by atoms with Gasteiger partial charge in [-0.25, -0.2) is 4.79 Å². The molecule has 7 heteroatoms. The van der Waals surface area contributed by atoms with Crippen LogP contribution in [0.2, 0.25) is 0 Å². The predicted molar refractivity (Wildman–Crippen MR) is 131 cm³/mol. The van der Waals surface area contributed by atoms with Crippen LogP contribution in [0, 0.1) is 5.92 Å². The van der Waals surface area contributed by atoms with Crippen LogP contribution in [-0.4, -0.2) is 69.4 Å². The molecule has 1 aromatic heterocycles. The molecule has 3 aliphatic heterocycles. The predicted octanol–water partition coefficient (Wildman–Crippen LogP) is 3.37. The molecule has 1 aromatic carbocycles. The van der Waals surface area contributed by atoms with E-state index in [9.17, 15) is 9.59 Å². The highest BCUT2D eigenvalue weighted by Crippen LogP contribution is 2.38. The van der Waals surface area contributed by atoms with Gasteiger partial charge in [0.15, 0.2) is 0 Å². The third-order valence-electron chi connectivity index (χ3n) is 7.49. The van der Waals surface area contributed by atoms with Gasteiger partial charge in [0.25, 0.3) is 5.91 Å². The van der Waals surface area contributed by atoms with Crippen LogP contribution < -0.4 is 5.32 Å². The zero-order chi connectivity index (χ0) is 22.7. The molecule has 3 saturated heterocycles. The fraction of sp³-hybridized carbons (Fsp3) is 0.500. The Kier molecular flexibility index (Phi) is 6.69. The quantitative estimate of drug-likeness (QED) is 0.637. The second kappa shape index (κ2) is 9.85. The molecule has 1 N–H and O–H groups in total. The number of carbonyl (C=O) groups excluding carboxylic acids is 2. The molecule has 2 atom stereocenters. The van der Waals surface area contributed by atoms with Crippen LogP contribution in [0.15, 0.2) is 54.7 Å². The van der Waals surface area contributed by atoms with Gasteiger partial charge in [0.2, 0.25) is 0 Å². The lowest BCUT2D eigenvalue weighted by Gasteiger charge is -2.42. The van der Waals surface area contributed by atoms with Gasteiger partial charge in [0.05, 0.1) is 0 Å². The molecular weight excluding hydrogens is 432 g/mol. The number of rotatable bonds is 7. The number of carbonyl (C=O) groups is 2. The van der Waals surface area contributed by atoms with Gasteiger partial charge in [-0.3, -0.25) is 19.6 Å². The number of hydrogen-bond acceptors (Lipinski definition) is 5. The molecule has 0 saturated carbocycles. The Bertz CT molecular complexity index is 959. The lowest BCUT2D eigenvalue weighted by Crippen LogP contribution is -2.58. The molecule has 0 aliphatic carbocycles. The minimum Gasteiger partial charge on any atom is -0.322 e. The molecule has 2 aromatic rings. The van der Waals surface area contributed by atoms with E-state index in [0.717, 1.165) is 37.2 Å². The van der Waals surface area contributed by atoms with Crippen LogP contribution in [0.5, 0.6) is 0 Å². The average Bonchev–Trinajstić information content (AvgIpc) is 3.47. The summed E-state index contributed by atoms with van der Waals surface area (Å²) in [6.07, 6.45) is 6.00. The second-order valence-corrected chi connectivity index (χ2v) is 10.6. The van der Waals surface area contributed by atoms with Crippen LogP contribution in [0.3, 0.4) is 0 Å². The van der Waals surface area contributed by atoms with Crippen LogP contribution in [0.1, 0.15) is 30.5 Å². The summed E-state index contributed by atoms with van der Waals surface area (Å²) in [6, 6.07) is 16.3. The Morgan fingerprint density at radius 2 is 1.82 bits per heavy atom. The molecule has 0 bridgehead atoms. The van der Waals surface area contributed by atoms with Crippen molar-refractivity contribution >= 4 is 23.7 Å². The summed E-state index contributed by atoms with van der Waals surface area (Å²) in [5.74, 6) is 2.54. The van der Waals surface area contributed by atoms with E-state index in [1.54, 1.807) is 6.20 Å². The van der Waals surface area contributed by atoms with Crippen molar-refractivity contribution in [2.45, 2.75) is 43.7 Å². The molecule has 0 spiro atoms. The maximum atomic E-state index is 13.9. The first-order valence-corrected chi connectivity index (χ1v) is 13.2. The highest BCUT2D eigenvalue weighted by atomic mass is 32.2. The number of amides is 3. The number of benzene rings is 1. The van der Waals surface area contributed by atoms with E-state index >= 15 is 0 Å². The molecule has 33 heavy (non-hydrogen) atoms. The molecule has 174 valence electrons. The van der Waals surface area contributed by atoms with Gasteiger partial charge >= 0.3 is 6.03 Å². The highest BCUT2D eigenvalue weighted by Gasteiger charge is 2.55. The van der Waals surface area contributed by atoms with Gasteiger partial charge in [-0.1, -0.05) is 36.4 Å². The molecule has 0 unspecified atom stereocenters. The van der Waals surface area contributed by atoms with E-state index in [2.05, 4.69) is 27.3 Å². The van der Waals surface area contributed by atoms with E-state index in [1.807, 2.05) is 48.2 Å². The fourth-order valence-electron chi connectivity index (χ4n) is 5.65. The fourth-order valence-corrected chi connectivity index (χ4v) is 6.90. The van der Waals surface area contributed by atoms with Gasteiger partial charge in [-0.05, 0) is 61.7 Å². The molecule has 3 fully saturated rings. The summed E-state index contributed by atoms with van der Waals surface area (Å²) in [7, 11) is 0. The van der Waals surface area contributed by atoms with Crippen molar-refractivity contribution in [1.29, 1.82) is 0 Å². The maximum Gasteiger partial charge on any atom is 0.325 e. The first-order valence-electron chi connectivity index (χ1n) is 12.1. The van der Waals surface area contributed by atoms with Crippen molar-refractivity contribution in [2.75, 3.05) is 31.1 Å². The van der Waals surface area contributed by atoms with Crippen molar-refractivity contribution in [3.05, 3.63) is 66.0 Å². The van der Waals surface area contributed by atoms with E-state index in [-0.39, 0.29) is 17.9 Å². The third kappa shape index (κ3) is 4.66. The van der Waals surface area contributed by atoms with Gasteiger partial charge in [0, 0.05) is 43.1 Å². The Balaban J connectivity index is 1.35. The van der Waals surface area contributed by atoms with Crippen LogP contribution >= 0.6 is 11.8 Å². The maximum absolute atomic E-state index is 13.9. The molecule has 0 radical (unpaired) electrons. The first kappa shape index (κ1) is 22.4. The average molecular weight is 465 g/mol. The van der Waals surface area contributed by atoms with Crippen molar-refractivity contribution in [2.24, 2.45) is 5.92 Å². The Morgan fingerprint density at radius 3 is 2.52 bits per heavy atom. The third-order valence-corrected chi connectivity index (χ3v) is 8.64. The standard InChI is InChI=1S/C26H32N4O2S/c31-24-26(18-20-6-2-1-3-7-20,21-9-14-29(15-10-21)23-12-17-33-19-23)28-25(32)30(24)16-11-22-8-4-5-13-27-22/h1-8,13,21,23H,9-12,14-19H2,(H,28,32)/t23-,26+/m0/s1. The minimum atomic E-state index is -0.862. The molecule has 3 aliphatic rings. The van der Waals surface area contributed by atoms with Crippen LogP contribution in [0.25, 0.3) is 0 Å². The zero-order valence-corrected chi connectivity index (χ0v) is 19.8. The summed E-state index contributed by atoms with van der Waals surface area (Å²) < 4.78 is 0. The van der Waals surface area contributed by atoms with Gasteiger partial charge in [-0.15, -0.1) is 0 Å². The number of piperidine rings is 1. The highest BCUT2D eigenvalue weighted by molar-refractivity contribution is 7.99. The summed E-state index contributed by atoms with van der Waals surface area (Å²) in [6.45, 7) is 2.36.